The summed E-state index contributed by atoms with van der Waals surface area (Å²) < 4.78 is 46.7. The highest BCUT2D eigenvalue weighted by molar-refractivity contribution is 6.00. The summed E-state index contributed by atoms with van der Waals surface area (Å²) in [4.78, 5) is 22.8. The third-order valence-corrected chi connectivity index (χ3v) is 3.41. The van der Waals surface area contributed by atoms with E-state index >= 15 is 0 Å². The minimum Gasteiger partial charge on any atom is -0.489 e. The predicted octanol–water partition coefficient (Wildman–Crippen LogP) is 4.21. The molecule has 0 unspecified atom stereocenters. The van der Waals surface area contributed by atoms with Crippen molar-refractivity contribution >= 4 is 17.6 Å². The van der Waals surface area contributed by atoms with Gasteiger partial charge < -0.3 is 19.9 Å². The van der Waals surface area contributed by atoms with Crippen molar-refractivity contribution in [2.24, 2.45) is 0 Å². The van der Waals surface area contributed by atoms with Crippen LogP contribution in [0.4, 0.5) is 18.9 Å². The first kappa shape index (κ1) is 20.1. The van der Waals surface area contributed by atoms with E-state index in [4.69, 9.17) is 4.74 Å². The van der Waals surface area contributed by atoms with Crippen LogP contribution in [0.1, 0.15) is 29.3 Å². The van der Waals surface area contributed by atoms with Gasteiger partial charge in [0.15, 0.2) is 0 Å². The van der Waals surface area contributed by atoms with E-state index in [-0.39, 0.29) is 41.5 Å². The third-order valence-electron chi connectivity index (χ3n) is 3.41. The monoisotopic (exact) mass is 383 g/mol. The Morgan fingerprint density at radius 2 is 1.85 bits per heavy atom. The maximum absolute atomic E-state index is 12.4. The molecule has 144 valence electrons. The van der Waals surface area contributed by atoms with Crippen molar-refractivity contribution in [1.82, 2.24) is 0 Å². The average molecular weight is 383 g/mol. The molecule has 0 radical (unpaired) electrons. The molecule has 2 N–H and O–H groups in total. The number of alkyl halides is 3. The van der Waals surface area contributed by atoms with Crippen LogP contribution in [0.25, 0.3) is 0 Å². The number of carboxylic acid groups (broad SMARTS) is 1. The molecule has 2 rings (SSSR count). The number of rotatable bonds is 7. The first-order valence-electron chi connectivity index (χ1n) is 7.83. The van der Waals surface area contributed by atoms with Crippen molar-refractivity contribution in [3.8, 4) is 11.5 Å². The van der Waals surface area contributed by atoms with E-state index in [0.29, 0.717) is 0 Å². The van der Waals surface area contributed by atoms with Crippen LogP contribution in [0.2, 0.25) is 0 Å². The van der Waals surface area contributed by atoms with Gasteiger partial charge in [0.25, 0.3) is 0 Å². The first-order chi connectivity index (χ1) is 12.7. The highest BCUT2D eigenvalue weighted by Crippen LogP contribution is 2.28. The van der Waals surface area contributed by atoms with Crippen LogP contribution in [0.5, 0.6) is 11.5 Å². The van der Waals surface area contributed by atoms with Crippen molar-refractivity contribution in [3.05, 3.63) is 53.6 Å². The molecule has 0 saturated carbocycles. The Hall–Kier alpha value is -3.23. The van der Waals surface area contributed by atoms with Gasteiger partial charge in [-0.3, -0.25) is 4.79 Å². The fourth-order valence-electron chi connectivity index (χ4n) is 2.15. The molecule has 9 heteroatoms. The normalized spacial score (nSPS) is 11.0. The zero-order valence-electron chi connectivity index (χ0n) is 14.2. The minimum atomic E-state index is -4.84. The molecule has 2 aromatic carbocycles. The van der Waals surface area contributed by atoms with Gasteiger partial charge in [-0.1, -0.05) is 25.1 Å². The van der Waals surface area contributed by atoms with Crippen molar-refractivity contribution in [1.29, 1.82) is 0 Å². The zero-order valence-corrected chi connectivity index (χ0v) is 14.2. The fraction of sp³-hybridized carbons (Fsp3) is 0.222. The second-order valence-electron chi connectivity index (χ2n) is 5.36. The Bertz CT molecular complexity index is 836. The summed E-state index contributed by atoms with van der Waals surface area (Å²) in [5.74, 6) is -1.93. The largest absolute Gasteiger partial charge is 0.573 e. The number of para-hydroxylation sites is 1. The van der Waals surface area contributed by atoms with Crippen LogP contribution in [-0.2, 0) is 11.4 Å². The number of hydrogen-bond donors (Lipinski definition) is 2. The Labute approximate surface area is 152 Å². The van der Waals surface area contributed by atoms with E-state index in [2.05, 4.69) is 10.1 Å². The number of benzene rings is 2. The summed E-state index contributed by atoms with van der Waals surface area (Å²) >= 11 is 0. The van der Waals surface area contributed by atoms with Gasteiger partial charge in [-0.2, -0.15) is 0 Å². The second-order valence-corrected chi connectivity index (χ2v) is 5.36. The van der Waals surface area contributed by atoms with Gasteiger partial charge in [0.2, 0.25) is 5.91 Å². The van der Waals surface area contributed by atoms with E-state index < -0.39 is 18.1 Å². The summed E-state index contributed by atoms with van der Waals surface area (Å²) in [5.41, 5.74) is 0.0340. The molecule has 0 aliphatic heterocycles. The number of anilines is 1. The smallest absolute Gasteiger partial charge is 0.489 e. The van der Waals surface area contributed by atoms with E-state index in [1.54, 1.807) is 6.92 Å². The molecule has 0 heterocycles. The minimum absolute atomic E-state index is 0.0995. The van der Waals surface area contributed by atoms with Crippen molar-refractivity contribution in [3.63, 3.8) is 0 Å². The second kappa shape index (κ2) is 8.43. The van der Waals surface area contributed by atoms with Gasteiger partial charge in [-0.05, 0) is 24.3 Å². The molecule has 2 aromatic rings. The van der Waals surface area contributed by atoms with Gasteiger partial charge in [-0.25, -0.2) is 4.79 Å². The number of carbonyl (C=O) groups excluding carboxylic acids is 1. The molecule has 0 aromatic heterocycles. The summed E-state index contributed by atoms with van der Waals surface area (Å²) in [5, 5.41) is 11.7. The van der Waals surface area contributed by atoms with Crippen LogP contribution in [0.3, 0.4) is 0 Å². The maximum Gasteiger partial charge on any atom is 0.573 e. The van der Waals surface area contributed by atoms with Gasteiger partial charge >= 0.3 is 12.3 Å². The SMILES string of the molecule is CCC(=O)Nc1ccc(OCc2ccccc2OC(F)(F)F)cc1C(=O)O. The van der Waals surface area contributed by atoms with Crippen molar-refractivity contribution in [2.45, 2.75) is 26.3 Å². The molecule has 1 amide bonds. The molecular weight excluding hydrogens is 367 g/mol. The molecule has 0 aliphatic rings. The summed E-state index contributed by atoms with van der Waals surface area (Å²) in [6.45, 7) is 1.35. The van der Waals surface area contributed by atoms with E-state index in [1.807, 2.05) is 0 Å². The Morgan fingerprint density at radius 1 is 1.15 bits per heavy atom. The lowest BCUT2D eigenvalue weighted by Crippen LogP contribution is -2.18. The summed E-state index contributed by atoms with van der Waals surface area (Å²) in [6.07, 6.45) is -4.67. The van der Waals surface area contributed by atoms with E-state index in [1.165, 1.54) is 36.4 Å². The number of carboxylic acids is 1. The quantitative estimate of drug-likeness (QED) is 0.748. The van der Waals surface area contributed by atoms with Gasteiger partial charge in [-0.15, -0.1) is 13.2 Å². The number of ether oxygens (including phenoxy) is 2. The lowest BCUT2D eigenvalue weighted by molar-refractivity contribution is -0.275. The average Bonchev–Trinajstić information content (AvgIpc) is 2.60. The van der Waals surface area contributed by atoms with Crippen LogP contribution >= 0.6 is 0 Å². The number of nitrogens with one attached hydrogen (secondary N) is 1. The third kappa shape index (κ3) is 5.91. The molecule has 0 saturated heterocycles. The number of hydrogen-bond acceptors (Lipinski definition) is 4. The summed E-state index contributed by atoms with van der Waals surface area (Å²) in [6, 6.07) is 9.40. The zero-order chi connectivity index (χ0) is 20.0. The molecule has 0 spiro atoms. The number of carbonyl (C=O) groups is 2. The van der Waals surface area contributed by atoms with Gasteiger partial charge in [0.05, 0.1) is 11.3 Å². The van der Waals surface area contributed by atoms with Gasteiger partial charge in [0.1, 0.15) is 18.1 Å². The number of amides is 1. The van der Waals surface area contributed by atoms with E-state index in [0.717, 1.165) is 6.07 Å². The highest BCUT2D eigenvalue weighted by atomic mass is 19.4. The number of aromatic carboxylic acids is 1. The highest BCUT2D eigenvalue weighted by Gasteiger charge is 2.32. The molecule has 6 nitrogen and oxygen atoms in total. The molecule has 0 bridgehead atoms. The lowest BCUT2D eigenvalue weighted by Gasteiger charge is -2.14. The van der Waals surface area contributed by atoms with Crippen molar-refractivity contribution < 1.29 is 37.3 Å². The van der Waals surface area contributed by atoms with Crippen LogP contribution in [0, 0.1) is 0 Å². The molecule has 0 aliphatic carbocycles. The summed E-state index contributed by atoms with van der Waals surface area (Å²) in [7, 11) is 0. The predicted molar refractivity (Wildman–Crippen MR) is 89.8 cm³/mol. The van der Waals surface area contributed by atoms with Crippen LogP contribution in [0.15, 0.2) is 42.5 Å². The maximum atomic E-state index is 12.4. The van der Waals surface area contributed by atoms with Gasteiger partial charge in [0, 0.05) is 12.0 Å². The topological polar surface area (TPSA) is 84.9 Å². The lowest BCUT2D eigenvalue weighted by atomic mass is 10.1. The molecular formula is C18H16F3NO5. The standard InChI is InChI=1S/C18H16F3NO5/c1-2-16(23)22-14-8-7-12(9-13(14)17(24)25)26-10-11-5-3-4-6-15(11)27-18(19,20)21/h3-9H,2,10H2,1H3,(H,22,23)(H,24,25). The molecule has 0 atom stereocenters. The van der Waals surface area contributed by atoms with Crippen molar-refractivity contribution in [2.75, 3.05) is 5.32 Å². The van der Waals surface area contributed by atoms with Crippen LogP contribution in [-0.4, -0.2) is 23.3 Å². The first-order valence-corrected chi connectivity index (χ1v) is 7.83. The number of halogens is 3. The Kier molecular flexibility index (Phi) is 6.27. The fourth-order valence-corrected chi connectivity index (χ4v) is 2.15. The molecule has 0 fully saturated rings. The Morgan fingerprint density at radius 3 is 2.48 bits per heavy atom. The molecule has 27 heavy (non-hydrogen) atoms. The van der Waals surface area contributed by atoms with Crippen LogP contribution < -0.4 is 14.8 Å². The Balaban J connectivity index is 2.18. The van der Waals surface area contributed by atoms with E-state index in [9.17, 15) is 27.9 Å².